The first kappa shape index (κ1) is 13.8. The van der Waals surface area contributed by atoms with Gasteiger partial charge in [-0.2, -0.15) is 0 Å². The number of aliphatic imine (C=N–C) groups is 2. The van der Waals surface area contributed by atoms with Crippen LogP contribution in [0.5, 0.6) is 0 Å². The fourth-order valence-corrected chi connectivity index (χ4v) is 3.49. The van der Waals surface area contributed by atoms with Crippen molar-refractivity contribution in [2.24, 2.45) is 26.7 Å². The minimum atomic E-state index is 0.0161. The van der Waals surface area contributed by atoms with Crippen molar-refractivity contribution >= 4 is 12.2 Å². The summed E-state index contributed by atoms with van der Waals surface area (Å²) in [5, 5.41) is 0. The SMILES string of the molecule is CC1(C)CC(CN=C=O)CC(C)(CN=C=O)C1. The third kappa shape index (κ3) is 4.26. The molecule has 0 saturated heterocycles. The highest BCUT2D eigenvalue weighted by Crippen LogP contribution is 2.48. The molecule has 1 aliphatic carbocycles. The standard InChI is InChI=1S/C13H20N2O2/c1-12(2)4-11(6-14-9-16)5-13(3,7-12)8-15-10-17/h11H,4-8H2,1-3H3. The highest BCUT2D eigenvalue weighted by molar-refractivity contribution is 5.33. The molecule has 0 aromatic rings. The molecule has 0 radical (unpaired) electrons. The van der Waals surface area contributed by atoms with Crippen molar-refractivity contribution in [3.8, 4) is 0 Å². The number of carbonyl (C=O) groups excluding carboxylic acids is 2. The summed E-state index contributed by atoms with van der Waals surface area (Å²) >= 11 is 0. The van der Waals surface area contributed by atoms with Gasteiger partial charge in [0.1, 0.15) is 0 Å². The Morgan fingerprint density at radius 3 is 2.35 bits per heavy atom. The van der Waals surface area contributed by atoms with Crippen molar-refractivity contribution in [3.05, 3.63) is 0 Å². The molecule has 1 rings (SSSR count). The molecular weight excluding hydrogens is 216 g/mol. The van der Waals surface area contributed by atoms with Gasteiger partial charge < -0.3 is 0 Å². The van der Waals surface area contributed by atoms with E-state index >= 15 is 0 Å². The molecule has 0 spiro atoms. The molecule has 1 fully saturated rings. The molecule has 0 bridgehead atoms. The molecule has 4 nitrogen and oxygen atoms in total. The van der Waals surface area contributed by atoms with Gasteiger partial charge in [-0.05, 0) is 36.0 Å². The van der Waals surface area contributed by atoms with E-state index in [-0.39, 0.29) is 10.8 Å². The number of hydrogen-bond acceptors (Lipinski definition) is 4. The van der Waals surface area contributed by atoms with Crippen LogP contribution in [-0.2, 0) is 9.59 Å². The van der Waals surface area contributed by atoms with Crippen LogP contribution in [0.2, 0.25) is 0 Å². The van der Waals surface area contributed by atoms with Crippen molar-refractivity contribution < 1.29 is 9.59 Å². The van der Waals surface area contributed by atoms with E-state index in [2.05, 4.69) is 30.8 Å². The van der Waals surface area contributed by atoms with Gasteiger partial charge in [0, 0.05) is 0 Å². The molecule has 94 valence electrons. The molecule has 1 saturated carbocycles. The summed E-state index contributed by atoms with van der Waals surface area (Å²) in [6.45, 7) is 7.63. The number of hydrogen-bond donors (Lipinski definition) is 0. The van der Waals surface area contributed by atoms with E-state index in [4.69, 9.17) is 0 Å². The normalized spacial score (nSPS) is 31.1. The van der Waals surface area contributed by atoms with Crippen LogP contribution in [0, 0.1) is 16.7 Å². The summed E-state index contributed by atoms with van der Waals surface area (Å²) in [5.74, 6) is 0.382. The zero-order valence-corrected chi connectivity index (χ0v) is 10.8. The van der Waals surface area contributed by atoms with E-state index in [9.17, 15) is 9.59 Å². The average molecular weight is 236 g/mol. The van der Waals surface area contributed by atoms with E-state index in [0.29, 0.717) is 19.0 Å². The van der Waals surface area contributed by atoms with Gasteiger partial charge >= 0.3 is 0 Å². The maximum Gasteiger partial charge on any atom is 0.234 e. The second-order valence-electron chi connectivity index (χ2n) is 6.27. The van der Waals surface area contributed by atoms with E-state index in [1.165, 1.54) is 0 Å². The maximum atomic E-state index is 10.2. The Bertz CT molecular complexity index is 366. The van der Waals surface area contributed by atoms with Crippen molar-refractivity contribution in [1.29, 1.82) is 0 Å². The van der Waals surface area contributed by atoms with Gasteiger partial charge in [0.25, 0.3) is 0 Å². The third-order valence-corrected chi connectivity index (χ3v) is 3.47. The highest BCUT2D eigenvalue weighted by Gasteiger charge is 2.40. The van der Waals surface area contributed by atoms with Crippen LogP contribution >= 0.6 is 0 Å². The smallest absolute Gasteiger partial charge is 0.211 e. The van der Waals surface area contributed by atoms with Gasteiger partial charge in [0.15, 0.2) is 0 Å². The van der Waals surface area contributed by atoms with Gasteiger partial charge in [0.05, 0.1) is 13.1 Å². The molecule has 0 aliphatic heterocycles. The molecule has 0 heterocycles. The topological polar surface area (TPSA) is 58.9 Å². The van der Waals surface area contributed by atoms with Crippen LogP contribution in [0.15, 0.2) is 9.98 Å². The average Bonchev–Trinajstić information content (AvgIpc) is 2.21. The van der Waals surface area contributed by atoms with Gasteiger partial charge in [-0.15, -0.1) is 0 Å². The summed E-state index contributed by atoms with van der Waals surface area (Å²) in [4.78, 5) is 27.9. The van der Waals surface area contributed by atoms with E-state index in [1.807, 2.05) is 0 Å². The lowest BCUT2D eigenvalue weighted by atomic mass is 9.60. The predicted molar refractivity (Wildman–Crippen MR) is 65.2 cm³/mol. The maximum absolute atomic E-state index is 10.2. The molecule has 17 heavy (non-hydrogen) atoms. The zero-order chi connectivity index (χ0) is 12.9. The second-order valence-corrected chi connectivity index (χ2v) is 6.27. The molecule has 4 heteroatoms. The Hall–Kier alpha value is -1.24. The minimum absolute atomic E-state index is 0.0161. The summed E-state index contributed by atoms with van der Waals surface area (Å²) in [6.07, 6.45) is 6.26. The molecular formula is C13H20N2O2. The predicted octanol–water partition coefficient (Wildman–Crippen LogP) is 2.49. The van der Waals surface area contributed by atoms with E-state index < -0.39 is 0 Å². The Balaban J connectivity index is 2.78. The van der Waals surface area contributed by atoms with Gasteiger partial charge in [0.2, 0.25) is 12.2 Å². The molecule has 0 N–H and O–H groups in total. The van der Waals surface area contributed by atoms with Crippen molar-refractivity contribution in [2.75, 3.05) is 13.1 Å². The number of rotatable bonds is 4. The lowest BCUT2D eigenvalue weighted by Gasteiger charge is -2.45. The van der Waals surface area contributed by atoms with Gasteiger partial charge in [-0.25, -0.2) is 19.6 Å². The lowest BCUT2D eigenvalue weighted by Crippen LogP contribution is -2.38. The van der Waals surface area contributed by atoms with Crippen molar-refractivity contribution in [2.45, 2.75) is 40.0 Å². The third-order valence-electron chi connectivity index (χ3n) is 3.47. The van der Waals surface area contributed by atoms with Gasteiger partial charge in [-0.3, -0.25) is 0 Å². The highest BCUT2D eigenvalue weighted by atomic mass is 16.1. The molecule has 1 aliphatic rings. The Morgan fingerprint density at radius 2 is 1.76 bits per heavy atom. The minimum Gasteiger partial charge on any atom is -0.211 e. The largest absolute Gasteiger partial charge is 0.234 e. The van der Waals surface area contributed by atoms with Crippen LogP contribution in [0.3, 0.4) is 0 Å². The van der Waals surface area contributed by atoms with Crippen LogP contribution < -0.4 is 0 Å². The summed E-state index contributed by atoms with van der Waals surface area (Å²) < 4.78 is 0. The van der Waals surface area contributed by atoms with E-state index in [0.717, 1.165) is 19.3 Å². The fourth-order valence-electron chi connectivity index (χ4n) is 3.49. The van der Waals surface area contributed by atoms with Crippen molar-refractivity contribution in [1.82, 2.24) is 0 Å². The molecule has 0 aromatic heterocycles. The molecule has 0 amide bonds. The quantitative estimate of drug-likeness (QED) is 0.556. The lowest BCUT2D eigenvalue weighted by molar-refractivity contribution is 0.0641. The zero-order valence-electron chi connectivity index (χ0n) is 10.8. The number of isocyanates is 2. The Labute approximate surface area is 102 Å². The van der Waals surface area contributed by atoms with Crippen molar-refractivity contribution in [3.63, 3.8) is 0 Å². The number of nitrogens with zero attached hydrogens (tertiary/aromatic N) is 2. The molecule has 2 unspecified atom stereocenters. The van der Waals surface area contributed by atoms with Crippen LogP contribution in [0.25, 0.3) is 0 Å². The molecule has 0 aromatic carbocycles. The summed E-state index contributed by atoms with van der Waals surface area (Å²) in [5.41, 5.74) is 0.219. The van der Waals surface area contributed by atoms with Crippen LogP contribution in [-0.4, -0.2) is 25.2 Å². The first-order valence-electron chi connectivity index (χ1n) is 5.98. The Kier molecular flexibility index (Phi) is 4.39. The second kappa shape index (κ2) is 5.39. The summed E-state index contributed by atoms with van der Waals surface area (Å²) in [6, 6.07) is 0. The van der Waals surface area contributed by atoms with Crippen LogP contribution in [0.1, 0.15) is 40.0 Å². The Morgan fingerprint density at radius 1 is 1.12 bits per heavy atom. The fraction of sp³-hybridized carbons (Fsp3) is 0.846. The molecule has 2 atom stereocenters. The summed E-state index contributed by atoms with van der Waals surface area (Å²) in [7, 11) is 0. The first-order valence-corrected chi connectivity index (χ1v) is 5.98. The van der Waals surface area contributed by atoms with E-state index in [1.54, 1.807) is 12.2 Å². The van der Waals surface area contributed by atoms with Crippen LogP contribution in [0.4, 0.5) is 0 Å². The first-order chi connectivity index (χ1) is 7.91. The monoisotopic (exact) mass is 236 g/mol. The van der Waals surface area contributed by atoms with Gasteiger partial charge in [-0.1, -0.05) is 20.8 Å².